The number of benzene rings is 1. The molecule has 99 heavy (non-hydrogen) atoms. The van der Waals surface area contributed by atoms with Gasteiger partial charge in [0.05, 0.1) is 36.6 Å². The summed E-state index contributed by atoms with van der Waals surface area (Å²) >= 11 is 6.15. The van der Waals surface area contributed by atoms with Crippen LogP contribution in [0.3, 0.4) is 0 Å². The molecule has 0 radical (unpaired) electrons. The Morgan fingerprint density at radius 3 is 1.78 bits per heavy atom. The highest BCUT2D eigenvalue weighted by Crippen LogP contribution is 2.38. The minimum absolute atomic E-state index is 0.0211. The summed E-state index contributed by atoms with van der Waals surface area (Å²) in [7, 11) is 9.94. The number of carbonyl (C=O) groups is 12. The Balaban J connectivity index is 1.27. The Hall–Kier alpha value is -7.06. The SMILES string of the molecule is CC[C@H](C)[C@@H]1NC(=O)[C@H](CC2CCC2)N(C)C(=O)C[C@@H](C(=O)N2CCCCC2)N(C)C(=O)[C@H](C(C)C)N(C)C(=O)C2(CCCC2)NC(=O)[C@@H]2CCCN2C(=O)[C@H](CCc2ccc(C(F)(F)F)c(Cl)c2)NC(=O)CN(C)C(=O)[C@H](CC2CCCCC2)N(C)C(=O)CN(C)C(=O)CN(C)C1=O. The Bertz CT molecular complexity index is 3100. The normalized spacial score (nSPS) is 26.8. The number of rotatable bonds is 11. The minimum atomic E-state index is -4.76. The van der Waals surface area contributed by atoms with Crippen LogP contribution in [-0.4, -0.2) is 251 Å². The van der Waals surface area contributed by atoms with Crippen molar-refractivity contribution in [2.45, 2.75) is 229 Å². The first kappa shape index (κ1) is 79.3. The van der Waals surface area contributed by atoms with E-state index in [-0.39, 0.29) is 63.3 Å². The molecular weight excluding hydrogens is 1310 g/mol. The molecule has 3 N–H and O–H groups in total. The number of carbonyl (C=O) groups excluding carboxylic acids is 12. The fraction of sp³-hybridized carbons (Fsp3) is 0.746. The van der Waals surface area contributed by atoms with Crippen LogP contribution in [0, 0.1) is 23.7 Å². The van der Waals surface area contributed by atoms with Crippen LogP contribution < -0.4 is 16.0 Å². The number of aryl methyl sites for hydroxylation is 1. The molecule has 24 nitrogen and oxygen atoms in total. The van der Waals surface area contributed by atoms with Crippen LogP contribution in [-0.2, 0) is 70.1 Å². The van der Waals surface area contributed by atoms with Crippen molar-refractivity contribution >= 4 is 82.5 Å². The maximum absolute atomic E-state index is 15.4. The van der Waals surface area contributed by atoms with Crippen LogP contribution in [0.5, 0.6) is 0 Å². The number of likely N-dealkylation sites (tertiary alicyclic amines) is 1. The molecule has 3 heterocycles. The molecule has 3 aliphatic heterocycles. The summed E-state index contributed by atoms with van der Waals surface area (Å²) in [4.78, 5) is 190. The predicted octanol–water partition coefficient (Wildman–Crippen LogP) is 5.64. The van der Waals surface area contributed by atoms with Crippen LogP contribution in [0.25, 0.3) is 0 Å². The fourth-order valence-electron chi connectivity index (χ4n) is 15.2. The van der Waals surface area contributed by atoms with Crippen LogP contribution >= 0.6 is 11.6 Å². The summed E-state index contributed by atoms with van der Waals surface area (Å²) in [6.07, 6.45) is 6.17. The quantitative estimate of drug-likeness (QED) is 0.243. The average Bonchev–Trinajstić information content (AvgIpc) is 1.75. The van der Waals surface area contributed by atoms with Gasteiger partial charge in [0.15, 0.2) is 0 Å². The van der Waals surface area contributed by atoms with E-state index in [1.807, 2.05) is 6.92 Å². The molecule has 3 aliphatic carbocycles. The molecule has 6 fully saturated rings. The second kappa shape index (κ2) is 35.0. The number of fused-ring (bicyclic) bond motifs is 1. The molecule has 12 amide bonds. The Morgan fingerprint density at radius 2 is 1.19 bits per heavy atom. The van der Waals surface area contributed by atoms with Gasteiger partial charge in [-0.2, -0.15) is 13.2 Å². The summed E-state index contributed by atoms with van der Waals surface area (Å²) in [5.41, 5.74) is -2.35. The highest BCUT2D eigenvalue weighted by molar-refractivity contribution is 6.31. The monoisotopic (exact) mass is 1410 g/mol. The van der Waals surface area contributed by atoms with Crippen LogP contribution in [0.15, 0.2) is 18.2 Å². The predicted molar refractivity (Wildman–Crippen MR) is 364 cm³/mol. The third kappa shape index (κ3) is 19.7. The number of amides is 12. The topological polar surface area (TPSA) is 270 Å². The van der Waals surface area contributed by atoms with Gasteiger partial charge in [-0.25, -0.2) is 0 Å². The first-order valence-electron chi connectivity index (χ1n) is 35.9. The van der Waals surface area contributed by atoms with E-state index in [0.717, 1.165) is 84.6 Å². The largest absolute Gasteiger partial charge is 0.417 e. The van der Waals surface area contributed by atoms with Crippen molar-refractivity contribution in [1.29, 1.82) is 0 Å². The van der Waals surface area contributed by atoms with Crippen molar-refractivity contribution < 1.29 is 70.7 Å². The molecule has 0 aromatic heterocycles. The Morgan fingerprint density at radius 1 is 0.606 bits per heavy atom. The Labute approximate surface area is 586 Å². The lowest BCUT2D eigenvalue weighted by atomic mass is 9.80. The second-order valence-electron chi connectivity index (χ2n) is 29.4. The van der Waals surface area contributed by atoms with Gasteiger partial charge in [-0.3, -0.25) is 57.5 Å². The zero-order valence-corrected chi connectivity index (χ0v) is 60.8. The Kier molecular flexibility index (Phi) is 28.0. The number of piperidine rings is 1. The van der Waals surface area contributed by atoms with E-state index in [1.54, 1.807) is 25.7 Å². The smallest absolute Gasteiger partial charge is 0.343 e. The van der Waals surface area contributed by atoms with E-state index in [4.69, 9.17) is 11.6 Å². The molecule has 0 unspecified atom stereocenters. The van der Waals surface area contributed by atoms with Gasteiger partial charge in [0.25, 0.3) is 0 Å². The van der Waals surface area contributed by atoms with Gasteiger partial charge in [0, 0.05) is 69.0 Å². The van der Waals surface area contributed by atoms with Gasteiger partial charge in [-0.15, -0.1) is 0 Å². The zero-order chi connectivity index (χ0) is 73.0. The van der Waals surface area contributed by atoms with Gasteiger partial charge in [-0.05, 0) is 112 Å². The summed E-state index contributed by atoms with van der Waals surface area (Å²) in [5.74, 6) is -8.73. The second-order valence-corrected chi connectivity index (χ2v) is 29.8. The first-order chi connectivity index (χ1) is 46.7. The summed E-state index contributed by atoms with van der Waals surface area (Å²) in [6.45, 7) is 6.21. The highest BCUT2D eigenvalue weighted by Gasteiger charge is 2.51. The van der Waals surface area contributed by atoms with E-state index in [0.29, 0.717) is 57.2 Å². The number of nitrogens with zero attached hydrogens (tertiary/aromatic N) is 9. The van der Waals surface area contributed by atoms with Crippen molar-refractivity contribution in [3.05, 3.63) is 34.3 Å². The van der Waals surface area contributed by atoms with Crippen molar-refractivity contribution in [3.8, 4) is 0 Å². The van der Waals surface area contributed by atoms with Gasteiger partial charge < -0.3 is 60.0 Å². The number of likely N-dealkylation sites (N-methyl/N-ethyl adjacent to an activating group) is 7. The van der Waals surface area contributed by atoms with E-state index >= 15 is 24.0 Å². The molecule has 1 spiro atoms. The van der Waals surface area contributed by atoms with E-state index in [9.17, 15) is 46.7 Å². The molecule has 0 bridgehead atoms. The van der Waals surface area contributed by atoms with Gasteiger partial charge in [-0.1, -0.05) is 116 Å². The van der Waals surface area contributed by atoms with Crippen molar-refractivity contribution in [1.82, 2.24) is 60.0 Å². The fourth-order valence-corrected chi connectivity index (χ4v) is 15.5. The molecule has 6 aliphatic rings. The summed E-state index contributed by atoms with van der Waals surface area (Å²) in [5, 5.41) is 8.15. The standard InChI is InChI=1S/C71H108ClF3N12O12/c1-12-45(4)60-67(97)81(7)42-58(90)79(5)43-59(91)83(9)54(39-46-23-15-13-16-24-46)65(95)80(6)41-56(88)76-51(31-29-48-28-30-49(50(72)37-48)71(73,74)75)64(94)87-36-22-27-52(87)63(93)78-70(32-17-18-33-70)69(99)85(11)61(44(2)3)68(98)84(10)55(66(96)86-34-19-14-20-35-86)40-57(89)82(8)53(62(92)77-60)38-47-25-21-26-47/h28,30,37,44-47,51-55,60-61H,12-27,29,31-36,38-43H2,1-11H3,(H,76,88)(H,77,92)(H,78,93)/t45-,51-,52-,53-,54-,55-,60-,61-/m0/s1. The maximum Gasteiger partial charge on any atom is 0.417 e. The lowest BCUT2D eigenvalue weighted by Crippen LogP contribution is -2.65. The molecule has 1 aromatic carbocycles. The third-order valence-corrected chi connectivity index (χ3v) is 22.3. The van der Waals surface area contributed by atoms with Gasteiger partial charge >= 0.3 is 6.18 Å². The van der Waals surface area contributed by atoms with Crippen molar-refractivity contribution in [2.24, 2.45) is 23.7 Å². The molecule has 3 saturated carbocycles. The minimum Gasteiger partial charge on any atom is -0.343 e. The van der Waals surface area contributed by atoms with Gasteiger partial charge in [0.2, 0.25) is 70.9 Å². The van der Waals surface area contributed by atoms with Crippen LogP contribution in [0.2, 0.25) is 5.02 Å². The number of alkyl halides is 3. The van der Waals surface area contributed by atoms with E-state index in [2.05, 4.69) is 16.0 Å². The average molecular weight is 1410 g/mol. The number of nitrogens with one attached hydrogen (secondary N) is 3. The van der Waals surface area contributed by atoms with Crippen LogP contribution in [0.4, 0.5) is 13.2 Å². The molecule has 8 atom stereocenters. The third-order valence-electron chi connectivity index (χ3n) is 22.0. The molecule has 7 rings (SSSR count). The summed E-state index contributed by atoms with van der Waals surface area (Å²) < 4.78 is 41.5. The first-order valence-corrected chi connectivity index (χ1v) is 36.2. The lowest BCUT2D eigenvalue weighted by Gasteiger charge is -2.42. The van der Waals surface area contributed by atoms with Crippen molar-refractivity contribution in [3.63, 3.8) is 0 Å². The number of halogens is 4. The summed E-state index contributed by atoms with van der Waals surface area (Å²) in [6, 6.07) is -5.55. The van der Waals surface area contributed by atoms with Crippen LogP contribution in [0.1, 0.15) is 180 Å². The van der Waals surface area contributed by atoms with Crippen molar-refractivity contribution in [2.75, 3.05) is 88.6 Å². The van der Waals surface area contributed by atoms with E-state index in [1.165, 1.54) is 79.9 Å². The molecule has 552 valence electrons. The number of hydrogen-bond donors (Lipinski definition) is 3. The lowest BCUT2D eigenvalue weighted by molar-refractivity contribution is -0.156. The molecule has 3 saturated heterocycles. The zero-order valence-electron chi connectivity index (χ0n) is 60.0. The van der Waals surface area contributed by atoms with Gasteiger partial charge in [0.1, 0.15) is 47.8 Å². The molecule has 1 aromatic rings. The molecular formula is C71H108ClF3N12O12. The number of hydrogen-bond acceptors (Lipinski definition) is 12. The maximum atomic E-state index is 15.4. The molecule has 28 heteroatoms. The van der Waals surface area contributed by atoms with E-state index < -0.39 is 173 Å². The highest BCUT2D eigenvalue weighted by atomic mass is 35.5.